The maximum absolute atomic E-state index is 9.00. The molecule has 33 heavy (non-hydrogen) atoms. The number of nitrogens with one attached hydrogen (secondary N) is 1. The molecule has 2 aliphatic rings. The van der Waals surface area contributed by atoms with Gasteiger partial charge in [-0.3, -0.25) is 9.59 Å². The molecule has 2 saturated heterocycles. The summed E-state index contributed by atoms with van der Waals surface area (Å²) in [4.78, 5) is 22.5. The number of benzene rings is 1. The van der Waals surface area contributed by atoms with Crippen LogP contribution in [0.1, 0.15) is 33.1 Å². The number of rotatable bonds is 3. The maximum atomic E-state index is 9.00. The molecule has 1 spiro atoms. The van der Waals surface area contributed by atoms with Crippen LogP contribution in [0.4, 0.5) is 0 Å². The van der Waals surface area contributed by atoms with E-state index in [2.05, 4.69) is 27.0 Å². The summed E-state index contributed by atoms with van der Waals surface area (Å²) >= 11 is 0. The molecule has 3 N–H and O–H groups in total. The van der Waals surface area contributed by atoms with Gasteiger partial charge in [0.15, 0.2) is 11.6 Å². The van der Waals surface area contributed by atoms with Crippen LogP contribution in [0.3, 0.4) is 0 Å². The third-order valence-electron chi connectivity index (χ3n) is 5.71. The summed E-state index contributed by atoms with van der Waals surface area (Å²) in [6.07, 6.45) is 7.73. The van der Waals surface area contributed by atoms with Gasteiger partial charge in [-0.15, -0.1) is 0 Å². The Morgan fingerprint density at radius 1 is 1.18 bits per heavy atom. The molecular formula is C24H31N3O6. The van der Waals surface area contributed by atoms with Gasteiger partial charge in [-0.05, 0) is 49.9 Å². The van der Waals surface area contributed by atoms with Crippen LogP contribution in [0.15, 0.2) is 47.1 Å². The summed E-state index contributed by atoms with van der Waals surface area (Å²) in [7, 11) is 0. The van der Waals surface area contributed by atoms with E-state index in [0.717, 1.165) is 69.1 Å². The Hall–Kier alpha value is -3.17. The fraction of sp³-hybridized carbons (Fsp3) is 0.458. The first-order valence-electron chi connectivity index (χ1n) is 11.0. The van der Waals surface area contributed by atoms with E-state index >= 15 is 0 Å². The van der Waals surface area contributed by atoms with E-state index in [1.165, 1.54) is 12.8 Å². The highest BCUT2D eigenvalue weighted by Gasteiger charge is 2.41. The highest BCUT2D eigenvalue weighted by Crippen LogP contribution is 2.41. The molecule has 2 aliphatic heterocycles. The second-order valence-electron chi connectivity index (χ2n) is 8.48. The Kier molecular flexibility index (Phi) is 8.24. The highest BCUT2D eigenvalue weighted by molar-refractivity contribution is 5.81. The molecule has 2 aromatic heterocycles. The Morgan fingerprint density at radius 3 is 2.52 bits per heavy atom. The minimum atomic E-state index is -0.833. The Balaban J connectivity index is 0.000000335. The number of aromatic nitrogens is 2. The van der Waals surface area contributed by atoms with E-state index in [1.807, 2.05) is 30.6 Å². The average Bonchev–Trinajstić information content (AvgIpc) is 3.47. The third kappa shape index (κ3) is 6.90. The molecule has 1 atom stereocenters. The van der Waals surface area contributed by atoms with Crippen LogP contribution in [0.25, 0.3) is 22.6 Å². The summed E-state index contributed by atoms with van der Waals surface area (Å²) in [5.74, 6) is 0.0341. The van der Waals surface area contributed by atoms with Crippen LogP contribution in [0, 0.1) is 5.41 Å². The van der Waals surface area contributed by atoms with Gasteiger partial charge in [-0.1, -0.05) is 18.2 Å². The van der Waals surface area contributed by atoms with Crippen LogP contribution < -0.4 is 5.32 Å². The van der Waals surface area contributed by atoms with E-state index in [9.17, 15) is 0 Å². The lowest BCUT2D eigenvalue weighted by Gasteiger charge is -2.32. The summed E-state index contributed by atoms with van der Waals surface area (Å²) in [5.41, 5.74) is 1.29. The summed E-state index contributed by atoms with van der Waals surface area (Å²) in [6.45, 7) is 6.13. The standard InChI is InChI=1S/C20H23N3O2.2C2H4O2/c1-2-4-17-15(3-1)11-18(25-17)19-22-9-10-23(19)13-16-12-20(14-24-16)5-7-21-8-6-20;2*1-2(3)4/h1-4,9-11,16,21H,5-8,12-14H2;2*1H3,(H,3,4). The molecule has 0 saturated carbocycles. The number of para-hydroxylation sites is 1. The van der Waals surface area contributed by atoms with Crippen molar-refractivity contribution in [3.63, 3.8) is 0 Å². The molecule has 0 radical (unpaired) electrons. The number of aliphatic carboxylic acids is 2. The number of carboxylic acid groups (broad SMARTS) is 2. The van der Waals surface area contributed by atoms with Gasteiger partial charge in [0.2, 0.25) is 0 Å². The fourth-order valence-corrected chi connectivity index (χ4v) is 4.31. The van der Waals surface area contributed by atoms with Gasteiger partial charge in [0, 0.05) is 31.6 Å². The van der Waals surface area contributed by atoms with Crippen LogP contribution in [0.5, 0.6) is 0 Å². The number of imidazole rings is 1. The van der Waals surface area contributed by atoms with Crippen molar-refractivity contribution in [3.05, 3.63) is 42.7 Å². The van der Waals surface area contributed by atoms with E-state index in [-0.39, 0.29) is 6.10 Å². The van der Waals surface area contributed by atoms with Gasteiger partial charge in [0.25, 0.3) is 11.9 Å². The van der Waals surface area contributed by atoms with Gasteiger partial charge in [0.1, 0.15) is 5.58 Å². The number of carbonyl (C=O) groups is 2. The Labute approximate surface area is 192 Å². The van der Waals surface area contributed by atoms with Crippen LogP contribution >= 0.6 is 0 Å². The van der Waals surface area contributed by atoms with Crippen molar-refractivity contribution < 1.29 is 29.0 Å². The normalized spacial score (nSPS) is 18.8. The van der Waals surface area contributed by atoms with Crippen LogP contribution in [-0.4, -0.2) is 57.5 Å². The van der Waals surface area contributed by atoms with Gasteiger partial charge < -0.3 is 29.3 Å². The predicted octanol–water partition coefficient (Wildman–Crippen LogP) is 3.64. The van der Waals surface area contributed by atoms with E-state index in [0.29, 0.717) is 5.41 Å². The Bertz CT molecular complexity index is 1010. The minimum Gasteiger partial charge on any atom is -0.481 e. The van der Waals surface area contributed by atoms with Crippen molar-refractivity contribution in [1.29, 1.82) is 0 Å². The molecule has 0 amide bonds. The molecule has 0 bridgehead atoms. The molecule has 5 rings (SSSR count). The fourth-order valence-electron chi connectivity index (χ4n) is 4.31. The smallest absolute Gasteiger partial charge is 0.300 e. The zero-order valence-corrected chi connectivity index (χ0v) is 19.0. The first kappa shape index (κ1) is 24.5. The summed E-state index contributed by atoms with van der Waals surface area (Å²) in [5, 5.41) is 19.4. The van der Waals surface area contributed by atoms with Gasteiger partial charge in [0.05, 0.1) is 19.3 Å². The van der Waals surface area contributed by atoms with Gasteiger partial charge in [-0.25, -0.2) is 4.98 Å². The zero-order valence-electron chi connectivity index (χ0n) is 19.0. The Morgan fingerprint density at radius 2 is 1.85 bits per heavy atom. The van der Waals surface area contributed by atoms with Crippen molar-refractivity contribution in [2.24, 2.45) is 5.41 Å². The first-order chi connectivity index (χ1) is 15.8. The molecule has 178 valence electrons. The van der Waals surface area contributed by atoms with E-state index in [4.69, 9.17) is 29.0 Å². The van der Waals surface area contributed by atoms with Crippen LogP contribution in [-0.2, 0) is 20.9 Å². The molecule has 9 heteroatoms. The number of ether oxygens (including phenoxy) is 1. The average molecular weight is 458 g/mol. The largest absolute Gasteiger partial charge is 0.481 e. The minimum absolute atomic E-state index is 0.260. The number of furan rings is 1. The summed E-state index contributed by atoms with van der Waals surface area (Å²) in [6, 6.07) is 10.1. The molecular weight excluding hydrogens is 426 g/mol. The molecule has 1 unspecified atom stereocenters. The van der Waals surface area contributed by atoms with E-state index < -0.39 is 11.9 Å². The molecule has 9 nitrogen and oxygen atoms in total. The lowest BCUT2D eigenvalue weighted by Crippen LogP contribution is -2.37. The number of nitrogens with zero attached hydrogens (tertiary/aromatic N) is 2. The van der Waals surface area contributed by atoms with E-state index in [1.54, 1.807) is 0 Å². The number of hydrogen-bond donors (Lipinski definition) is 3. The van der Waals surface area contributed by atoms with Crippen molar-refractivity contribution in [1.82, 2.24) is 14.9 Å². The monoisotopic (exact) mass is 457 g/mol. The van der Waals surface area contributed by atoms with Gasteiger partial charge >= 0.3 is 0 Å². The number of piperidine rings is 1. The molecule has 1 aromatic carbocycles. The van der Waals surface area contributed by atoms with Crippen molar-refractivity contribution in [2.45, 2.75) is 45.8 Å². The van der Waals surface area contributed by atoms with Gasteiger partial charge in [-0.2, -0.15) is 0 Å². The highest BCUT2D eigenvalue weighted by atomic mass is 16.5. The van der Waals surface area contributed by atoms with Crippen molar-refractivity contribution in [2.75, 3.05) is 19.7 Å². The lowest BCUT2D eigenvalue weighted by atomic mass is 9.77. The number of fused-ring (bicyclic) bond motifs is 1. The van der Waals surface area contributed by atoms with Crippen molar-refractivity contribution in [3.8, 4) is 11.6 Å². The number of hydrogen-bond acceptors (Lipinski definition) is 6. The first-order valence-corrected chi connectivity index (χ1v) is 11.0. The SMILES string of the molecule is CC(=O)O.CC(=O)O.c1ccc2oc(-c3nccn3CC3CC4(CCNCC4)CO3)cc2c1. The molecule has 3 aromatic rings. The second kappa shape index (κ2) is 11.1. The maximum Gasteiger partial charge on any atom is 0.300 e. The topological polar surface area (TPSA) is 127 Å². The summed E-state index contributed by atoms with van der Waals surface area (Å²) < 4.78 is 14.3. The van der Waals surface area contributed by atoms with Crippen LogP contribution in [0.2, 0.25) is 0 Å². The number of carboxylic acids is 2. The zero-order chi connectivity index (χ0) is 23.8. The predicted molar refractivity (Wildman–Crippen MR) is 123 cm³/mol. The second-order valence-corrected chi connectivity index (χ2v) is 8.48. The lowest BCUT2D eigenvalue weighted by molar-refractivity contribution is -0.135. The molecule has 2 fully saturated rings. The molecule has 4 heterocycles. The molecule has 0 aliphatic carbocycles. The van der Waals surface area contributed by atoms with Crippen molar-refractivity contribution >= 4 is 22.9 Å². The quantitative estimate of drug-likeness (QED) is 0.544. The third-order valence-corrected chi connectivity index (χ3v) is 5.71.